The van der Waals surface area contributed by atoms with Crippen LogP contribution in [0.15, 0.2) is 34.0 Å². The summed E-state index contributed by atoms with van der Waals surface area (Å²) in [5.74, 6) is -1.07. The quantitative estimate of drug-likeness (QED) is 0.704. The van der Waals surface area contributed by atoms with Crippen LogP contribution in [0.4, 0.5) is 29.2 Å². The number of aromatic amines is 1. The minimum Gasteiger partial charge on any atom is -0.368 e. The number of hydrogen-bond donors (Lipinski definition) is 1. The van der Waals surface area contributed by atoms with E-state index in [1.54, 1.807) is 4.90 Å². The minimum atomic E-state index is -4.76. The summed E-state index contributed by atoms with van der Waals surface area (Å²) in [6, 6.07) is 3.86. The number of sulfone groups is 1. The van der Waals surface area contributed by atoms with Crippen LogP contribution in [0, 0.1) is 11.7 Å². The highest BCUT2D eigenvalue weighted by Gasteiger charge is 2.36. The van der Waals surface area contributed by atoms with Gasteiger partial charge in [-0.05, 0) is 24.1 Å². The number of rotatable bonds is 4. The van der Waals surface area contributed by atoms with Crippen molar-refractivity contribution >= 4 is 21.5 Å². The minimum absolute atomic E-state index is 0.0440. The molecule has 3 rings (SSSR count). The van der Waals surface area contributed by atoms with Crippen LogP contribution in [0.5, 0.6) is 0 Å². The van der Waals surface area contributed by atoms with E-state index in [4.69, 9.17) is 0 Å². The summed E-state index contributed by atoms with van der Waals surface area (Å²) < 4.78 is 76.9. The molecule has 170 valence electrons. The molecule has 0 bridgehead atoms. The van der Waals surface area contributed by atoms with Gasteiger partial charge in [-0.2, -0.15) is 13.2 Å². The van der Waals surface area contributed by atoms with Crippen molar-refractivity contribution in [3.8, 4) is 0 Å². The third-order valence-corrected chi connectivity index (χ3v) is 6.27. The molecule has 1 aromatic carbocycles. The second kappa shape index (κ2) is 8.13. The van der Waals surface area contributed by atoms with E-state index in [2.05, 4.69) is 9.97 Å². The molecule has 12 heteroatoms. The molecule has 2 aromatic rings. The van der Waals surface area contributed by atoms with Crippen LogP contribution in [0.2, 0.25) is 0 Å². The maximum Gasteiger partial charge on any atom is 0.433 e. The lowest BCUT2D eigenvalue weighted by molar-refractivity contribution is -0.141. The van der Waals surface area contributed by atoms with Crippen LogP contribution in [0.3, 0.4) is 0 Å². The number of nitrogens with one attached hydrogen (secondary N) is 1. The Morgan fingerprint density at radius 2 is 1.87 bits per heavy atom. The first-order chi connectivity index (χ1) is 14.3. The van der Waals surface area contributed by atoms with E-state index >= 15 is 0 Å². The highest BCUT2D eigenvalue weighted by Crippen LogP contribution is 2.30. The predicted molar refractivity (Wildman–Crippen MR) is 108 cm³/mol. The molecule has 0 radical (unpaired) electrons. The number of aromatic nitrogens is 2. The van der Waals surface area contributed by atoms with Crippen molar-refractivity contribution in [1.82, 2.24) is 9.97 Å². The van der Waals surface area contributed by atoms with Crippen molar-refractivity contribution in [1.29, 1.82) is 0 Å². The molecule has 1 saturated heterocycles. The molecule has 0 aliphatic carbocycles. The van der Waals surface area contributed by atoms with E-state index in [1.807, 2.05) is 18.7 Å². The van der Waals surface area contributed by atoms with Crippen molar-refractivity contribution in [3.05, 3.63) is 46.1 Å². The second-order valence-electron chi connectivity index (χ2n) is 7.79. The average Bonchev–Trinajstić information content (AvgIpc) is 2.65. The zero-order valence-electron chi connectivity index (χ0n) is 17.1. The van der Waals surface area contributed by atoms with Gasteiger partial charge in [-0.15, -0.1) is 0 Å². The summed E-state index contributed by atoms with van der Waals surface area (Å²) in [5.41, 5.74) is -1.69. The largest absolute Gasteiger partial charge is 0.433 e. The third kappa shape index (κ3) is 5.00. The molecule has 1 aliphatic heterocycles. The van der Waals surface area contributed by atoms with Gasteiger partial charge in [-0.25, -0.2) is 17.8 Å². The van der Waals surface area contributed by atoms with Crippen LogP contribution >= 0.6 is 0 Å². The van der Waals surface area contributed by atoms with E-state index in [-0.39, 0.29) is 24.5 Å². The zero-order chi connectivity index (χ0) is 23.1. The van der Waals surface area contributed by atoms with Gasteiger partial charge in [0.1, 0.15) is 10.7 Å². The van der Waals surface area contributed by atoms with E-state index in [0.29, 0.717) is 24.8 Å². The van der Waals surface area contributed by atoms with Crippen LogP contribution in [0.25, 0.3) is 0 Å². The molecule has 7 nitrogen and oxygen atoms in total. The number of alkyl halides is 3. The molecule has 1 atom stereocenters. The van der Waals surface area contributed by atoms with Crippen molar-refractivity contribution in [2.24, 2.45) is 5.92 Å². The normalized spacial score (nSPS) is 18.0. The molecule has 1 aromatic heterocycles. The number of anilines is 2. The highest BCUT2D eigenvalue weighted by atomic mass is 32.2. The third-order valence-electron chi connectivity index (χ3n) is 5.16. The standard InChI is InChI=1S/C19H22F4N4O3S/c1-11(2)14-10-26(12-4-5-13(20)15(8-12)31(3,29)30)6-7-27(14)18-24-16(19(21,22)23)9-17(28)25-18/h4-5,8-9,11,14H,6-7,10H2,1-3H3,(H,24,25,28)/t14-/m0/s1. The first-order valence-electron chi connectivity index (χ1n) is 9.47. The van der Waals surface area contributed by atoms with Gasteiger partial charge in [0.15, 0.2) is 15.5 Å². The topological polar surface area (TPSA) is 86.4 Å². The lowest BCUT2D eigenvalue weighted by Gasteiger charge is -2.44. The highest BCUT2D eigenvalue weighted by molar-refractivity contribution is 7.90. The predicted octanol–water partition coefficient (Wildman–Crippen LogP) is 2.68. The zero-order valence-corrected chi connectivity index (χ0v) is 17.9. The van der Waals surface area contributed by atoms with Gasteiger partial charge in [0.25, 0.3) is 5.56 Å². The maximum atomic E-state index is 14.0. The molecule has 0 saturated carbocycles. The molecule has 0 amide bonds. The van der Waals surface area contributed by atoms with Crippen molar-refractivity contribution in [2.75, 3.05) is 35.7 Å². The van der Waals surface area contributed by atoms with Crippen molar-refractivity contribution in [2.45, 2.75) is 31.0 Å². The Labute approximate surface area is 176 Å². The van der Waals surface area contributed by atoms with Gasteiger partial charge in [0.2, 0.25) is 5.95 Å². The SMILES string of the molecule is CC(C)[C@@H]1CN(c2ccc(F)c(S(C)(=O)=O)c2)CCN1c1nc(C(F)(F)F)cc(=O)[nH]1. The Hall–Kier alpha value is -2.63. The van der Waals surface area contributed by atoms with Gasteiger partial charge in [-0.1, -0.05) is 13.8 Å². The van der Waals surface area contributed by atoms with Gasteiger partial charge < -0.3 is 9.80 Å². The van der Waals surface area contributed by atoms with Crippen LogP contribution in [-0.4, -0.2) is 50.3 Å². The number of benzene rings is 1. The first-order valence-corrected chi connectivity index (χ1v) is 11.4. The molecule has 0 spiro atoms. The van der Waals surface area contributed by atoms with Gasteiger partial charge >= 0.3 is 6.18 Å². The monoisotopic (exact) mass is 462 g/mol. The summed E-state index contributed by atoms with van der Waals surface area (Å²) >= 11 is 0. The molecular formula is C19H22F4N4O3S. The maximum absolute atomic E-state index is 14.0. The van der Waals surface area contributed by atoms with Crippen molar-refractivity contribution < 1.29 is 26.0 Å². The fraction of sp³-hybridized carbons (Fsp3) is 0.474. The number of piperazine rings is 1. The Balaban J connectivity index is 1.94. The average molecular weight is 462 g/mol. The summed E-state index contributed by atoms with van der Waals surface area (Å²) in [5, 5.41) is 0. The number of H-pyrrole nitrogens is 1. The van der Waals surface area contributed by atoms with E-state index in [1.165, 1.54) is 12.1 Å². The van der Waals surface area contributed by atoms with E-state index in [9.17, 15) is 30.8 Å². The molecule has 2 heterocycles. The molecular weight excluding hydrogens is 440 g/mol. The Morgan fingerprint density at radius 3 is 2.45 bits per heavy atom. The van der Waals surface area contributed by atoms with Gasteiger partial charge in [0.05, 0.1) is 6.04 Å². The Bertz CT molecular complexity index is 1130. The fourth-order valence-electron chi connectivity index (χ4n) is 3.58. The Kier molecular flexibility index (Phi) is 6.05. The lowest BCUT2D eigenvalue weighted by atomic mass is 9.99. The summed E-state index contributed by atoms with van der Waals surface area (Å²) in [6.45, 7) is 4.59. The summed E-state index contributed by atoms with van der Waals surface area (Å²) in [6.07, 6.45) is -3.84. The number of halogens is 4. The molecule has 1 N–H and O–H groups in total. The number of nitrogens with zero attached hydrogens (tertiary/aromatic N) is 3. The summed E-state index contributed by atoms with van der Waals surface area (Å²) in [7, 11) is -3.77. The fourth-order valence-corrected chi connectivity index (χ4v) is 4.33. The smallest absolute Gasteiger partial charge is 0.368 e. The Morgan fingerprint density at radius 1 is 1.19 bits per heavy atom. The molecule has 1 aliphatic rings. The van der Waals surface area contributed by atoms with E-state index < -0.39 is 38.0 Å². The van der Waals surface area contributed by atoms with E-state index in [0.717, 1.165) is 12.3 Å². The van der Waals surface area contributed by atoms with Crippen molar-refractivity contribution in [3.63, 3.8) is 0 Å². The first kappa shape index (κ1) is 23.0. The molecule has 31 heavy (non-hydrogen) atoms. The molecule has 0 unspecified atom stereocenters. The van der Waals surface area contributed by atoms with Gasteiger partial charge in [0, 0.05) is 37.6 Å². The summed E-state index contributed by atoms with van der Waals surface area (Å²) in [4.78, 5) is 20.8. The van der Waals surface area contributed by atoms with Gasteiger partial charge in [-0.3, -0.25) is 9.78 Å². The van der Waals surface area contributed by atoms with Crippen LogP contribution < -0.4 is 15.4 Å². The lowest BCUT2D eigenvalue weighted by Crippen LogP contribution is -2.56. The second-order valence-corrected chi connectivity index (χ2v) is 9.77. The van der Waals surface area contributed by atoms with Crippen LogP contribution in [-0.2, 0) is 16.0 Å². The number of hydrogen-bond acceptors (Lipinski definition) is 6. The molecule has 1 fully saturated rings. The van der Waals surface area contributed by atoms with Crippen LogP contribution in [0.1, 0.15) is 19.5 Å².